The predicted molar refractivity (Wildman–Crippen MR) is 74.0 cm³/mol. The third kappa shape index (κ3) is 3.88. The van der Waals surface area contributed by atoms with Crippen LogP contribution >= 0.6 is 0 Å². The first-order valence-corrected chi connectivity index (χ1v) is 6.63. The molecule has 1 aromatic rings. The minimum atomic E-state index is -0.818. The normalized spacial score (nSPS) is 12.3. The van der Waals surface area contributed by atoms with Crippen molar-refractivity contribution in [2.75, 3.05) is 13.2 Å². The lowest BCUT2D eigenvalue weighted by molar-refractivity contribution is -0.139. The van der Waals surface area contributed by atoms with Gasteiger partial charge in [0.15, 0.2) is 11.5 Å². The van der Waals surface area contributed by atoms with Gasteiger partial charge in [0.1, 0.15) is 0 Å². The van der Waals surface area contributed by atoms with Gasteiger partial charge in [-0.1, -0.05) is 19.9 Å². The average molecular weight is 266 g/mol. The SMILES string of the molecule is CCOc1ccc(C(C(=O)O)C(C)C)cc1OCC. The zero-order valence-electron chi connectivity index (χ0n) is 12.0. The van der Waals surface area contributed by atoms with Crippen LogP contribution in [0.2, 0.25) is 0 Å². The molecule has 0 saturated carbocycles. The second-order valence-electron chi connectivity index (χ2n) is 4.63. The van der Waals surface area contributed by atoms with E-state index in [0.29, 0.717) is 24.7 Å². The van der Waals surface area contributed by atoms with Crippen molar-refractivity contribution in [3.63, 3.8) is 0 Å². The van der Waals surface area contributed by atoms with E-state index < -0.39 is 11.9 Å². The topological polar surface area (TPSA) is 55.8 Å². The molecule has 0 aliphatic rings. The molecule has 0 heterocycles. The zero-order chi connectivity index (χ0) is 14.4. The highest BCUT2D eigenvalue weighted by atomic mass is 16.5. The lowest BCUT2D eigenvalue weighted by Gasteiger charge is -2.19. The number of carboxylic acid groups (broad SMARTS) is 1. The number of carbonyl (C=O) groups is 1. The van der Waals surface area contributed by atoms with Crippen molar-refractivity contribution in [3.8, 4) is 11.5 Å². The van der Waals surface area contributed by atoms with Crippen LogP contribution in [0, 0.1) is 5.92 Å². The molecule has 0 saturated heterocycles. The summed E-state index contributed by atoms with van der Waals surface area (Å²) in [6, 6.07) is 5.35. The van der Waals surface area contributed by atoms with E-state index >= 15 is 0 Å². The Bertz CT molecular complexity index is 426. The summed E-state index contributed by atoms with van der Waals surface area (Å²) in [5.74, 6) is -0.0730. The van der Waals surface area contributed by atoms with Gasteiger partial charge in [-0.3, -0.25) is 4.79 Å². The molecule has 0 fully saturated rings. The molecule has 1 rings (SSSR count). The minimum absolute atomic E-state index is 0.0184. The predicted octanol–water partition coefficient (Wildman–Crippen LogP) is 3.31. The molecule has 1 N–H and O–H groups in total. The fraction of sp³-hybridized carbons (Fsp3) is 0.533. The molecular weight excluding hydrogens is 244 g/mol. The number of hydrogen-bond donors (Lipinski definition) is 1. The first-order chi connectivity index (χ1) is 9.01. The summed E-state index contributed by atoms with van der Waals surface area (Å²) >= 11 is 0. The van der Waals surface area contributed by atoms with Gasteiger partial charge in [-0.05, 0) is 37.5 Å². The number of hydrogen-bond acceptors (Lipinski definition) is 3. The van der Waals surface area contributed by atoms with Crippen molar-refractivity contribution in [2.45, 2.75) is 33.6 Å². The van der Waals surface area contributed by atoms with Gasteiger partial charge >= 0.3 is 5.97 Å². The summed E-state index contributed by atoms with van der Waals surface area (Å²) < 4.78 is 11.0. The first kappa shape index (κ1) is 15.3. The maximum atomic E-state index is 11.3. The Kier molecular flexibility index (Phi) is 5.67. The van der Waals surface area contributed by atoms with Crippen molar-refractivity contribution in [1.82, 2.24) is 0 Å². The average Bonchev–Trinajstić information content (AvgIpc) is 2.32. The zero-order valence-corrected chi connectivity index (χ0v) is 12.0. The summed E-state index contributed by atoms with van der Waals surface area (Å²) in [5, 5.41) is 9.32. The van der Waals surface area contributed by atoms with E-state index in [4.69, 9.17) is 9.47 Å². The van der Waals surface area contributed by atoms with Gasteiger partial charge in [-0.25, -0.2) is 0 Å². The number of rotatable bonds is 7. The van der Waals surface area contributed by atoms with Crippen LogP contribution in [-0.4, -0.2) is 24.3 Å². The van der Waals surface area contributed by atoms with Crippen molar-refractivity contribution >= 4 is 5.97 Å². The Labute approximate surface area is 114 Å². The number of aliphatic carboxylic acids is 1. The smallest absolute Gasteiger partial charge is 0.311 e. The second-order valence-corrected chi connectivity index (χ2v) is 4.63. The molecule has 106 valence electrons. The van der Waals surface area contributed by atoms with Crippen LogP contribution in [0.25, 0.3) is 0 Å². The first-order valence-electron chi connectivity index (χ1n) is 6.63. The largest absolute Gasteiger partial charge is 0.490 e. The van der Waals surface area contributed by atoms with E-state index in [9.17, 15) is 9.90 Å². The number of benzene rings is 1. The quantitative estimate of drug-likeness (QED) is 0.822. The van der Waals surface area contributed by atoms with Crippen LogP contribution in [0.1, 0.15) is 39.2 Å². The van der Waals surface area contributed by atoms with Crippen LogP contribution < -0.4 is 9.47 Å². The summed E-state index contributed by atoms with van der Waals surface area (Å²) in [6.07, 6.45) is 0. The van der Waals surface area contributed by atoms with Crippen LogP contribution in [0.3, 0.4) is 0 Å². The van der Waals surface area contributed by atoms with E-state index in [1.165, 1.54) is 0 Å². The van der Waals surface area contributed by atoms with Crippen molar-refractivity contribution < 1.29 is 19.4 Å². The highest BCUT2D eigenvalue weighted by Gasteiger charge is 2.24. The lowest BCUT2D eigenvalue weighted by Crippen LogP contribution is -2.17. The summed E-state index contributed by atoms with van der Waals surface area (Å²) in [6.45, 7) is 8.65. The van der Waals surface area contributed by atoms with Crippen molar-refractivity contribution in [2.24, 2.45) is 5.92 Å². The van der Waals surface area contributed by atoms with Gasteiger partial charge in [0.2, 0.25) is 0 Å². The van der Waals surface area contributed by atoms with Crippen LogP contribution in [-0.2, 0) is 4.79 Å². The van der Waals surface area contributed by atoms with E-state index in [-0.39, 0.29) is 5.92 Å². The van der Waals surface area contributed by atoms with E-state index in [2.05, 4.69) is 0 Å². The summed E-state index contributed by atoms with van der Waals surface area (Å²) in [7, 11) is 0. The third-order valence-corrected chi connectivity index (χ3v) is 2.86. The highest BCUT2D eigenvalue weighted by molar-refractivity contribution is 5.76. The number of carboxylic acids is 1. The maximum absolute atomic E-state index is 11.3. The Morgan fingerprint density at radius 2 is 1.74 bits per heavy atom. The Hall–Kier alpha value is -1.71. The molecule has 19 heavy (non-hydrogen) atoms. The fourth-order valence-electron chi connectivity index (χ4n) is 2.07. The van der Waals surface area contributed by atoms with Gasteiger partial charge < -0.3 is 14.6 Å². The molecule has 0 aliphatic carbocycles. The Morgan fingerprint density at radius 3 is 2.21 bits per heavy atom. The summed E-state index contributed by atoms with van der Waals surface area (Å²) in [4.78, 5) is 11.3. The molecular formula is C15H22O4. The molecule has 1 atom stereocenters. The van der Waals surface area contributed by atoms with E-state index in [0.717, 1.165) is 5.56 Å². The molecule has 0 aromatic heterocycles. The molecule has 0 bridgehead atoms. The van der Waals surface area contributed by atoms with Crippen LogP contribution in [0.4, 0.5) is 0 Å². The molecule has 0 amide bonds. The molecule has 1 aromatic carbocycles. The molecule has 0 aliphatic heterocycles. The summed E-state index contributed by atoms with van der Waals surface area (Å²) in [5.41, 5.74) is 0.745. The van der Waals surface area contributed by atoms with Crippen molar-refractivity contribution in [3.05, 3.63) is 23.8 Å². The standard InChI is InChI=1S/C15H22O4/c1-5-18-12-8-7-11(9-13(12)19-6-2)14(10(3)4)15(16)17/h7-10,14H,5-6H2,1-4H3,(H,16,17). The fourth-order valence-corrected chi connectivity index (χ4v) is 2.07. The molecule has 4 nitrogen and oxygen atoms in total. The second kappa shape index (κ2) is 7.02. The monoisotopic (exact) mass is 266 g/mol. The van der Waals surface area contributed by atoms with Gasteiger partial charge in [0.25, 0.3) is 0 Å². The minimum Gasteiger partial charge on any atom is -0.490 e. The Balaban J connectivity index is 3.15. The Morgan fingerprint density at radius 1 is 1.16 bits per heavy atom. The van der Waals surface area contributed by atoms with Gasteiger partial charge in [0.05, 0.1) is 19.1 Å². The lowest BCUT2D eigenvalue weighted by atomic mass is 9.88. The third-order valence-electron chi connectivity index (χ3n) is 2.86. The molecule has 0 spiro atoms. The molecule has 1 unspecified atom stereocenters. The maximum Gasteiger partial charge on any atom is 0.311 e. The van der Waals surface area contributed by atoms with E-state index in [1.807, 2.05) is 27.7 Å². The van der Waals surface area contributed by atoms with Crippen LogP contribution in [0.5, 0.6) is 11.5 Å². The van der Waals surface area contributed by atoms with Gasteiger partial charge in [-0.15, -0.1) is 0 Å². The van der Waals surface area contributed by atoms with Crippen molar-refractivity contribution in [1.29, 1.82) is 0 Å². The highest BCUT2D eigenvalue weighted by Crippen LogP contribution is 2.34. The molecule has 4 heteroatoms. The number of ether oxygens (including phenoxy) is 2. The van der Waals surface area contributed by atoms with E-state index in [1.54, 1.807) is 18.2 Å². The van der Waals surface area contributed by atoms with Crippen LogP contribution in [0.15, 0.2) is 18.2 Å². The molecule has 0 radical (unpaired) electrons. The van der Waals surface area contributed by atoms with Gasteiger partial charge in [0, 0.05) is 0 Å². The van der Waals surface area contributed by atoms with Gasteiger partial charge in [-0.2, -0.15) is 0 Å².